The Labute approximate surface area is 127 Å². The Balaban J connectivity index is 1.85. The van der Waals surface area contributed by atoms with E-state index in [0.29, 0.717) is 0 Å². The van der Waals surface area contributed by atoms with Crippen molar-refractivity contribution in [1.82, 2.24) is 0 Å². The predicted molar refractivity (Wildman–Crippen MR) is 90.1 cm³/mol. The van der Waals surface area contributed by atoms with Crippen LogP contribution in [-0.4, -0.2) is 0 Å². The minimum absolute atomic E-state index is 0.272. The fraction of sp³-hybridized carbons (Fsp3) is 0.111. The molecule has 0 fully saturated rings. The van der Waals surface area contributed by atoms with Gasteiger partial charge in [-0.05, 0) is 47.5 Å². The van der Waals surface area contributed by atoms with E-state index in [1.54, 1.807) is 0 Å². The van der Waals surface area contributed by atoms with E-state index >= 15 is 0 Å². The first-order valence-electron chi connectivity index (χ1n) is 6.73. The van der Waals surface area contributed by atoms with Gasteiger partial charge in [-0.1, -0.05) is 58.4 Å². The molecule has 1 N–H and O–H groups in total. The summed E-state index contributed by atoms with van der Waals surface area (Å²) in [7, 11) is 0. The zero-order chi connectivity index (χ0) is 13.9. The van der Waals surface area contributed by atoms with Gasteiger partial charge in [0.25, 0.3) is 0 Å². The van der Waals surface area contributed by atoms with Crippen molar-refractivity contribution < 1.29 is 0 Å². The maximum atomic E-state index is 3.56. The van der Waals surface area contributed by atoms with E-state index in [2.05, 4.69) is 88.8 Å². The molecule has 3 rings (SSSR count). The standard InChI is InChI=1S/C18H16BrN/c1-13(15-7-4-8-17(19)11-15)20-18-10-9-14-5-2-3-6-16(14)12-18/h2-13,20H,1H3. The monoisotopic (exact) mass is 325 g/mol. The van der Waals surface area contributed by atoms with Crippen molar-refractivity contribution in [2.24, 2.45) is 0 Å². The van der Waals surface area contributed by atoms with Gasteiger partial charge >= 0.3 is 0 Å². The van der Waals surface area contributed by atoms with Gasteiger partial charge in [-0.25, -0.2) is 0 Å². The van der Waals surface area contributed by atoms with E-state index < -0.39 is 0 Å². The summed E-state index contributed by atoms with van der Waals surface area (Å²) in [6.07, 6.45) is 0. The van der Waals surface area contributed by atoms with Gasteiger partial charge in [0.05, 0.1) is 0 Å². The zero-order valence-corrected chi connectivity index (χ0v) is 12.9. The molecule has 2 heteroatoms. The van der Waals surface area contributed by atoms with Crippen LogP contribution in [0.25, 0.3) is 10.8 Å². The normalized spacial score (nSPS) is 12.3. The van der Waals surface area contributed by atoms with Crippen LogP contribution < -0.4 is 5.32 Å². The summed E-state index contributed by atoms with van der Waals surface area (Å²) in [6.45, 7) is 2.18. The van der Waals surface area contributed by atoms with Crippen LogP contribution in [0.5, 0.6) is 0 Å². The topological polar surface area (TPSA) is 12.0 Å². The third kappa shape index (κ3) is 2.86. The highest BCUT2D eigenvalue weighted by atomic mass is 79.9. The molecule has 0 saturated carbocycles. The summed E-state index contributed by atoms with van der Waals surface area (Å²) >= 11 is 3.52. The second kappa shape index (κ2) is 5.68. The Kier molecular flexibility index (Phi) is 3.75. The molecule has 0 aromatic heterocycles. The van der Waals surface area contributed by atoms with Crippen molar-refractivity contribution in [2.45, 2.75) is 13.0 Å². The van der Waals surface area contributed by atoms with Crippen molar-refractivity contribution >= 4 is 32.4 Å². The fourth-order valence-corrected chi connectivity index (χ4v) is 2.81. The Morgan fingerprint density at radius 3 is 2.45 bits per heavy atom. The number of fused-ring (bicyclic) bond motifs is 1. The average Bonchev–Trinajstić information content (AvgIpc) is 2.47. The van der Waals surface area contributed by atoms with Gasteiger partial charge in [-0.15, -0.1) is 0 Å². The van der Waals surface area contributed by atoms with Gasteiger partial charge in [0, 0.05) is 16.2 Å². The van der Waals surface area contributed by atoms with Gasteiger partial charge in [0.1, 0.15) is 0 Å². The minimum atomic E-state index is 0.272. The lowest BCUT2D eigenvalue weighted by atomic mass is 10.1. The van der Waals surface area contributed by atoms with Gasteiger partial charge in [0.2, 0.25) is 0 Å². The molecule has 0 aliphatic rings. The summed E-state index contributed by atoms with van der Waals surface area (Å²) in [5, 5.41) is 6.09. The first kappa shape index (κ1) is 13.2. The van der Waals surface area contributed by atoms with Crippen molar-refractivity contribution in [2.75, 3.05) is 5.32 Å². The fourth-order valence-electron chi connectivity index (χ4n) is 2.39. The largest absolute Gasteiger partial charge is 0.379 e. The van der Waals surface area contributed by atoms with Crippen LogP contribution in [0.3, 0.4) is 0 Å². The summed E-state index contributed by atoms with van der Waals surface area (Å²) in [4.78, 5) is 0. The van der Waals surface area contributed by atoms with Crippen molar-refractivity contribution in [1.29, 1.82) is 0 Å². The Bertz CT molecular complexity index is 736. The molecule has 0 saturated heterocycles. The molecule has 0 aliphatic heterocycles. The van der Waals surface area contributed by atoms with Crippen LogP contribution in [-0.2, 0) is 0 Å². The van der Waals surface area contributed by atoms with Crippen LogP contribution in [0.2, 0.25) is 0 Å². The lowest BCUT2D eigenvalue weighted by molar-refractivity contribution is 0.884. The van der Waals surface area contributed by atoms with Gasteiger partial charge < -0.3 is 5.32 Å². The number of rotatable bonds is 3. The summed E-state index contributed by atoms with van der Waals surface area (Å²) < 4.78 is 1.11. The molecule has 0 bridgehead atoms. The van der Waals surface area contributed by atoms with Crippen molar-refractivity contribution in [3.05, 3.63) is 76.8 Å². The smallest absolute Gasteiger partial charge is 0.0486 e. The van der Waals surface area contributed by atoms with Crippen LogP contribution >= 0.6 is 15.9 Å². The quantitative estimate of drug-likeness (QED) is 0.644. The highest BCUT2D eigenvalue weighted by Gasteiger charge is 2.06. The second-order valence-electron chi connectivity index (χ2n) is 4.98. The Hall–Kier alpha value is -1.80. The summed E-state index contributed by atoms with van der Waals surface area (Å²) in [5.74, 6) is 0. The summed E-state index contributed by atoms with van der Waals surface area (Å²) in [5.41, 5.74) is 2.42. The van der Waals surface area contributed by atoms with Crippen LogP contribution in [0.15, 0.2) is 71.2 Å². The minimum Gasteiger partial charge on any atom is -0.379 e. The number of hydrogen-bond acceptors (Lipinski definition) is 1. The molecule has 100 valence electrons. The molecule has 1 unspecified atom stereocenters. The first-order chi connectivity index (χ1) is 9.72. The molecule has 3 aromatic rings. The second-order valence-corrected chi connectivity index (χ2v) is 5.90. The van der Waals surface area contributed by atoms with E-state index in [0.717, 1.165) is 10.2 Å². The van der Waals surface area contributed by atoms with E-state index in [9.17, 15) is 0 Å². The average molecular weight is 326 g/mol. The first-order valence-corrected chi connectivity index (χ1v) is 7.52. The van der Waals surface area contributed by atoms with Crippen LogP contribution in [0.4, 0.5) is 5.69 Å². The summed E-state index contributed by atoms with van der Waals surface area (Å²) in [6, 6.07) is 23.6. The molecule has 0 spiro atoms. The molecule has 1 atom stereocenters. The van der Waals surface area contributed by atoms with Gasteiger partial charge in [0.15, 0.2) is 0 Å². The molecule has 1 nitrogen and oxygen atoms in total. The molecule has 0 amide bonds. The lowest BCUT2D eigenvalue weighted by Crippen LogP contribution is -2.06. The highest BCUT2D eigenvalue weighted by Crippen LogP contribution is 2.24. The third-order valence-electron chi connectivity index (χ3n) is 3.48. The van der Waals surface area contributed by atoms with Crippen molar-refractivity contribution in [3.8, 4) is 0 Å². The van der Waals surface area contributed by atoms with Crippen LogP contribution in [0.1, 0.15) is 18.5 Å². The third-order valence-corrected chi connectivity index (χ3v) is 3.97. The van der Waals surface area contributed by atoms with E-state index in [1.807, 2.05) is 6.07 Å². The zero-order valence-electron chi connectivity index (χ0n) is 11.3. The number of hydrogen-bond donors (Lipinski definition) is 1. The molecule has 0 heterocycles. The number of anilines is 1. The van der Waals surface area contributed by atoms with E-state index in [4.69, 9.17) is 0 Å². The Morgan fingerprint density at radius 1 is 0.850 bits per heavy atom. The molecular weight excluding hydrogens is 310 g/mol. The van der Waals surface area contributed by atoms with Gasteiger partial charge in [-0.3, -0.25) is 0 Å². The molecular formula is C18H16BrN. The highest BCUT2D eigenvalue weighted by molar-refractivity contribution is 9.10. The van der Waals surface area contributed by atoms with E-state index in [-0.39, 0.29) is 6.04 Å². The number of nitrogens with one attached hydrogen (secondary N) is 1. The molecule has 0 aliphatic carbocycles. The lowest BCUT2D eigenvalue weighted by Gasteiger charge is -2.16. The maximum Gasteiger partial charge on any atom is 0.0486 e. The Morgan fingerprint density at radius 2 is 1.65 bits per heavy atom. The van der Waals surface area contributed by atoms with E-state index in [1.165, 1.54) is 16.3 Å². The number of halogens is 1. The van der Waals surface area contributed by atoms with Gasteiger partial charge in [-0.2, -0.15) is 0 Å². The maximum absolute atomic E-state index is 3.56. The van der Waals surface area contributed by atoms with Crippen molar-refractivity contribution in [3.63, 3.8) is 0 Å². The SMILES string of the molecule is CC(Nc1ccc2ccccc2c1)c1cccc(Br)c1. The predicted octanol–water partition coefficient (Wildman–Crippen LogP) is 5.78. The molecule has 3 aromatic carbocycles. The molecule has 20 heavy (non-hydrogen) atoms. The molecule has 0 radical (unpaired) electrons. The number of benzene rings is 3. The van der Waals surface area contributed by atoms with Crippen LogP contribution in [0, 0.1) is 0 Å².